The molecule has 3 N–H and O–H groups in total. The summed E-state index contributed by atoms with van der Waals surface area (Å²) >= 11 is 0. The summed E-state index contributed by atoms with van der Waals surface area (Å²) < 4.78 is 10.1. The highest BCUT2D eigenvalue weighted by molar-refractivity contribution is 5.70. The van der Waals surface area contributed by atoms with Crippen LogP contribution in [0.15, 0.2) is 0 Å². The van der Waals surface area contributed by atoms with Gasteiger partial charge in [-0.3, -0.25) is 4.79 Å². The van der Waals surface area contributed by atoms with Gasteiger partial charge in [-0.2, -0.15) is 0 Å². The van der Waals surface area contributed by atoms with Crippen LogP contribution < -0.4 is 5.73 Å². The minimum atomic E-state index is -1.17. The highest BCUT2D eigenvalue weighted by atomic mass is 16.6. The standard InChI is InChI=1S/C9H17NO4/c1-9(12,6-10)4-8(11)14-7-2-3-13-5-7/h7,12H,2-6,10H2,1H3. The lowest BCUT2D eigenvalue weighted by atomic mass is 10.0. The second-order valence-electron chi connectivity index (χ2n) is 3.85. The Hall–Kier alpha value is -0.650. The van der Waals surface area contributed by atoms with Crippen molar-refractivity contribution in [2.24, 2.45) is 5.73 Å². The van der Waals surface area contributed by atoms with E-state index in [1.54, 1.807) is 0 Å². The molecule has 5 nitrogen and oxygen atoms in total. The molecular weight excluding hydrogens is 186 g/mol. The van der Waals surface area contributed by atoms with E-state index in [4.69, 9.17) is 15.2 Å². The van der Waals surface area contributed by atoms with Crippen LogP contribution in [0.2, 0.25) is 0 Å². The molecule has 0 aromatic rings. The molecule has 5 heteroatoms. The third kappa shape index (κ3) is 3.61. The third-order valence-corrected chi connectivity index (χ3v) is 2.15. The van der Waals surface area contributed by atoms with Gasteiger partial charge in [-0.15, -0.1) is 0 Å². The van der Waals surface area contributed by atoms with Crippen molar-refractivity contribution in [3.05, 3.63) is 0 Å². The Bertz CT molecular complexity index is 199. The molecule has 2 unspecified atom stereocenters. The van der Waals surface area contributed by atoms with Crippen molar-refractivity contribution < 1.29 is 19.4 Å². The molecule has 1 rings (SSSR count). The van der Waals surface area contributed by atoms with Gasteiger partial charge in [0.25, 0.3) is 0 Å². The summed E-state index contributed by atoms with van der Waals surface area (Å²) in [7, 11) is 0. The largest absolute Gasteiger partial charge is 0.460 e. The van der Waals surface area contributed by atoms with Crippen LogP contribution in [-0.4, -0.2) is 42.5 Å². The lowest BCUT2D eigenvalue weighted by molar-refractivity contribution is -0.153. The molecule has 14 heavy (non-hydrogen) atoms. The first-order valence-electron chi connectivity index (χ1n) is 4.73. The summed E-state index contributed by atoms with van der Waals surface area (Å²) in [6.45, 7) is 2.64. The van der Waals surface area contributed by atoms with E-state index in [2.05, 4.69) is 0 Å². The Kier molecular flexibility index (Phi) is 3.86. The van der Waals surface area contributed by atoms with E-state index in [9.17, 15) is 9.90 Å². The molecular formula is C9H17NO4. The molecule has 0 spiro atoms. The predicted molar refractivity (Wildman–Crippen MR) is 49.6 cm³/mol. The van der Waals surface area contributed by atoms with Gasteiger partial charge in [0, 0.05) is 13.0 Å². The van der Waals surface area contributed by atoms with Crippen LogP contribution >= 0.6 is 0 Å². The average Bonchev–Trinajstić information content (AvgIpc) is 2.55. The van der Waals surface area contributed by atoms with Gasteiger partial charge >= 0.3 is 5.97 Å². The van der Waals surface area contributed by atoms with Crippen LogP contribution in [0, 0.1) is 0 Å². The first-order chi connectivity index (χ1) is 6.53. The van der Waals surface area contributed by atoms with Crippen molar-refractivity contribution in [3.63, 3.8) is 0 Å². The fourth-order valence-corrected chi connectivity index (χ4v) is 1.22. The van der Waals surface area contributed by atoms with Gasteiger partial charge in [0.2, 0.25) is 0 Å². The summed E-state index contributed by atoms with van der Waals surface area (Å²) in [6.07, 6.45) is 0.507. The zero-order valence-corrected chi connectivity index (χ0v) is 8.36. The molecule has 2 atom stereocenters. The number of rotatable bonds is 4. The zero-order valence-electron chi connectivity index (χ0n) is 8.36. The molecule has 1 aliphatic rings. The SMILES string of the molecule is CC(O)(CN)CC(=O)OC1CCOC1. The van der Waals surface area contributed by atoms with E-state index in [-0.39, 0.29) is 19.1 Å². The van der Waals surface area contributed by atoms with E-state index in [1.807, 2.05) is 0 Å². The molecule has 0 saturated carbocycles. The van der Waals surface area contributed by atoms with Gasteiger partial charge < -0.3 is 20.3 Å². The maximum atomic E-state index is 11.3. The van der Waals surface area contributed by atoms with Crippen LogP contribution in [0.1, 0.15) is 19.8 Å². The predicted octanol–water partition coefficient (Wildman–Crippen LogP) is -0.582. The van der Waals surface area contributed by atoms with E-state index in [0.717, 1.165) is 6.42 Å². The summed E-state index contributed by atoms with van der Waals surface area (Å²) in [5.41, 5.74) is 4.11. The maximum absolute atomic E-state index is 11.3. The third-order valence-electron chi connectivity index (χ3n) is 2.15. The molecule has 0 aromatic heterocycles. The van der Waals surface area contributed by atoms with Gasteiger partial charge in [0.15, 0.2) is 0 Å². The summed E-state index contributed by atoms with van der Waals surface area (Å²) in [4.78, 5) is 11.3. The highest BCUT2D eigenvalue weighted by Gasteiger charge is 2.26. The van der Waals surface area contributed by atoms with Gasteiger partial charge in [0.1, 0.15) is 6.10 Å². The molecule has 1 saturated heterocycles. The number of hydrogen-bond acceptors (Lipinski definition) is 5. The maximum Gasteiger partial charge on any atom is 0.309 e. The Balaban J connectivity index is 2.27. The Labute approximate surface area is 83.2 Å². The van der Waals surface area contributed by atoms with E-state index >= 15 is 0 Å². The first kappa shape index (κ1) is 11.4. The number of nitrogens with two attached hydrogens (primary N) is 1. The number of hydrogen-bond donors (Lipinski definition) is 2. The lowest BCUT2D eigenvalue weighted by Crippen LogP contribution is -2.37. The van der Waals surface area contributed by atoms with E-state index < -0.39 is 11.6 Å². The Morgan fingerprint density at radius 3 is 3.00 bits per heavy atom. The fraction of sp³-hybridized carbons (Fsp3) is 0.889. The second kappa shape index (κ2) is 4.72. The van der Waals surface area contributed by atoms with Crippen LogP contribution in [-0.2, 0) is 14.3 Å². The molecule has 1 aliphatic heterocycles. The normalized spacial score (nSPS) is 25.8. The van der Waals surface area contributed by atoms with E-state index in [0.29, 0.717) is 13.2 Å². The van der Waals surface area contributed by atoms with Gasteiger partial charge in [-0.25, -0.2) is 0 Å². The van der Waals surface area contributed by atoms with Crippen LogP contribution in [0.25, 0.3) is 0 Å². The number of esters is 1. The minimum Gasteiger partial charge on any atom is -0.460 e. The number of carbonyl (C=O) groups excluding carboxylic acids is 1. The number of aliphatic hydroxyl groups is 1. The molecule has 1 fully saturated rings. The molecule has 0 radical (unpaired) electrons. The minimum absolute atomic E-state index is 0.0449. The molecule has 1 heterocycles. The fourth-order valence-electron chi connectivity index (χ4n) is 1.22. The molecule has 0 bridgehead atoms. The number of carbonyl (C=O) groups is 1. The second-order valence-corrected chi connectivity index (χ2v) is 3.85. The average molecular weight is 203 g/mol. The van der Waals surface area contributed by atoms with Crippen molar-refractivity contribution in [2.45, 2.75) is 31.5 Å². The van der Waals surface area contributed by atoms with Crippen molar-refractivity contribution in [1.29, 1.82) is 0 Å². The van der Waals surface area contributed by atoms with Gasteiger partial charge in [0.05, 0.1) is 25.2 Å². The monoisotopic (exact) mass is 203 g/mol. The number of ether oxygens (including phenoxy) is 2. The van der Waals surface area contributed by atoms with Crippen molar-refractivity contribution >= 4 is 5.97 Å². The lowest BCUT2D eigenvalue weighted by Gasteiger charge is -2.20. The molecule has 0 aliphatic carbocycles. The first-order valence-corrected chi connectivity index (χ1v) is 4.73. The highest BCUT2D eigenvalue weighted by Crippen LogP contribution is 2.13. The summed E-state index contributed by atoms with van der Waals surface area (Å²) in [6, 6.07) is 0. The molecule has 0 amide bonds. The van der Waals surface area contributed by atoms with E-state index in [1.165, 1.54) is 6.92 Å². The topological polar surface area (TPSA) is 81.8 Å². The summed E-state index contributed by atoms with van der Waals surface area (Å²) in [5.74, 6) is -0.420. The summed E-state index contributed by atoms with van der Waals surface area (Å²) in [5, 5.41) is 9.51. The van der Waals surface area contributed by atoms with Crippen LogP contribution in [0.3, 0.4) is 0 Å². The Morgan fingerprint density at radius 1 is 1.79 bits per heavy atom. The van der Waals surface area contributed by atoms with Crippen LogP contribution in [0.4, 0.5) is 0 Å². The molecule has 82 valence electrons. The van der Waals surface area contributed by atoms with Crippen molar-refractivity contribution in [2.75, 3.05) is 19.8 Å². The van der Waals surface area contributed by atoms with Crippen LogP contribution in [0.5, 0.6) is 0 Å². The molecule has 0 aromatic carbocycles. The zero-order chi connectivity index (χ0) is 10.6. The van der Waals surface area contributed by atoms with Gasteiger partial charge in [-0.1, -0.05) is 0 Å². The smallest absolute Gasteiger partial charge is 0.309 e. The van der Waals surface area contributed by atoms with Crippen molar-refractivity contribution in [1.82, 2.24) is 0 Å². The van der Waals surface area contributed by atoms with Crippen molar-refractivity contribution in [3.8, 4) is 0 Å². The quantitative estimate of drug-likeness (QED) is 0.597. The van der Waals surface area contributed by atoms with Gasteiger partial charge in [-0.05, 0) is 6.92 Å². The Morgan fingerprint density at radius 2 is 2.50 bits per heavy atom.